The lowest BCUT2D eigenvalue weighted by Crippen LogP contribution is -2.02. The van der Waals surface area contributed by atoms with Crippen molar-refractivity contribution >= 4 is 10.9 Å². The van der Waals surface area contributed by atoms with E-state index in [-0.39, 0.29) is 6.61 Å². The number of aliphatic hydroxyl groups excluding tert-OH is 1. The van der Waals surface area contributed by atoms with Crippen LogP contribution in [0.2, 0.25) is 0 Å². The molecule has 2 heterocycles. The molecule has 0 fully saturated rings. The van der Waals surface area contributed by atoms with Gasteiger partial charge in [0.1, 0.15) is 0 Å². The molecule has 3 rings (SSSR count). The van der Waals surface area contributed by atoms with Crippen LogP contribution in [-0.4, -0.2) is 24.9 Å². The van der Waals surface area contributed by atoms with Crippen molar-refractivity contribution in [3.8, 4) is 0 Å². The molecular formula is C14H14N4O. The molecule has 0 unspecified atom stereocenters. The number of hydrogen-bond donors (Lipinski definition) is 1. The summed E-state index contributed by atoms with van der Waals surface area (Å²) in [5, 5.41) is 14.6. The molecule has 0 aliphatic rings. The van der Waals surface area contributed by atoms with E-state index in [2.05, 4.69) is 15.1 Å². The summed E-state index contributed by atoms with van der Waals surface area (Å²) in [5.41, 5.74) is 3.53. The van der Waals surface area contributed by atoms with Crippen molar-refractivity contribution in [2.45, 2.75) is 20.1 Å². The highest BCUT2D eigenvalue weighted by Crippen LogP contribution is 2.15. The second-order valence-electron chi connectivity index (χ2n) is 4.53. The average Bonchev–Trinajstić information content (AvgIpc) is 2.82. The maximum atomic E-state index is 9.11. The maximum absolute atomic E-state index is 9.11. The minimum absolute atomic E-state index is 0.0340. The standard InChI is InChI=1S/C14H14N4O/c1-10-5-16-13(6-15-10)8-18-7-12-3-2-11(9-19)4-14(12)17-18/h2-7,19H,8-9H2,1H3. The molecule has 19 heavy (non-hydrogen) atoms. The van der Waals surface area contributed by atoms with E-state index >= 15 is 0 Å². The Morgan fingerprint density at radius 1 is 1.21 bits per heavy atom. The van der Waals surface area contributed by atoms with Gasteiger partial charge in [0, 0.05) is 17.8 Å². The Balaban J connectivity index is 1.90. The van der Waals surface area contributed by atoms with Crippen LogP contribution in [0, 0.1) is 6.92 Å². The van der Waals surface area contributed by atoms with E-state index in [0.29, 0.717) is 6.54 Å². The van der Waals surface area contributed by atoms with Crippen LogP contribution < -0.4 is 0 Å². The Labute approximate surface area is 110 Å². The van der Waals surface area contributed by atoms with Gasteiger partial charge in [-0.1, -0.05) is 12.1 Å². The highest BCUT2D eigenvalue weighted by Gasteiger charge is 2.03. The van der Waals surface area contributed by atoms with Gasteiger partial charge in [0.25, 0.3) is 0 Å². The first-order chi connectivity index (χ1) is 9.24. The predicted octanol–water partition coefficient (Wildman–Crippen LogP) is 1.68. The summed E-state index contributed by atoms with van der Waals surface area (Å²) < 4.78 is 1.84. The molecule has 0 aliphatic heterocycles. The number of hydrogen-bond acceptors (Lipinski definition) is 4. The number of aryl methyl sites for hydroxylation is 1. The first-order valence-electron chi connectivity index (χ1n) is 6.09. The predicted molar refractivity (Wildman–Crippen MR) is 71.5 cm³/mol. The van der Waals surface area contributed by atoms with Gasteiger partial charge in [-0.3, -0.25) is 14.6 Å². The second-order valence-corrected chi connectivity index (χ2v) is 4.53. The first-order valence-corrected chi connectivity index (χ1v) is 6.09. The summed E-state index contributed by atoms with van der Waals surface area (Å²) in [5.74, 6) is 0. The number of aromatic nitrogens is 4. The van der Waals surface area contributed by atoms with Crippen LogP contribution >= 0.6 is 0 Å². The maximum Gasteiger partial charge on any atom is 0.0927 e. The van der Waals surface area contributed by atoms with Gasteiger partial charge in [-0.2, -0.15) is 5.10 Å². The van der Waals surface area contributed by atoms with E-state index in [1.54, 1.807) is 12.4 Å². The van der Waals surface area contributed by atoms with E-state index in [4.69, 9.17) is 5.11 Å². The monoisotopic (exact) mass is 254 g/mol. The van der Waals surface area contributed by atoms with Crippen molar-refractivity contribution in [1.29, 1.82) is 0 Å². The molecule has 1 N–H and O–H groups in total. The topological polar surface area (TPSA) is 63.8 Å². The Morgan fingerprint density at radius 2 is 2.11 bits per heavy atom. The fraction of sp³-hybridized carbons (Fsp3) is 0.214. The molecule has 0 bridgehead atoms. The molecule has 2 aromatic heterocycles. The number of aliphatic hydroxyl groups is 1. The molecule has 3 aromatic rings. The molecule has 1 aromatic carbocycles. The van der Waals surface area contributed by atoms with Gasteiger partial charge in [-0.15, -0.1) is 0 Å². The van der Waals surface area contributed by atoms with Crippen molar-refractivity contribution in [2.24, 2.45) is 0 Å². The minimum Gasteiger partial charge on any atom is -0.392 e. The second kappa shape index (κ2) is 4.78. The zero-order chi connectivity index (χ0) is 13.2. The Kier molecular flexibility index (Phi) is 2.97. The normalized spacial score (nSPS) is 11.1. The van der Waals surface area contributed by atoms with Crippen LogP contribution in [0.3, 0.4) is 0 Å². The van der Waals surface area contributed by atoms with Crippen molar-refractivity contribution in [2.75, 3.05) is 0 Å². The minimum atomic E-state index is 0.0340. The molecule has 0 radical (unpaired) electrons. The quantitative estimate of drug-likeness (QED) is 0.772. The molecule has 0 amide bonds. The third-order valence-corrected chi connectivity index (χ3v) is 2.96. The van der Waals surface area contributed by atoms with Gasteiger partial charge < -0.3 is 5.11 Å². The fourth-order valence-electron chi connectivity index (χ4n) is 1.96. The highest BCUT2D eigenvalue weighted by atomic mass is 16.3. The van der Waals surface area contributed by atoms with E-state index in [0.717, 1.165) is 27.9 Å². The summed E-state index contributed by atoms with van der Waals surface area (Å²) in [6.07, 6.45) is 5.49. The van der Waals surface area contributed by atoms with Crippen LogP contribution in [-0.2, 0) is 13.2 Å². The van der Waals surface area contributed by atoms with Crippen LogP contribution in [0.1, 0.15) is 17.0 Å². The molecule has 0 saturated heterocycles. The lowest BCUT2D eigenvalue weighted by Gasteiger charge is -2.00. The number of nitrogens with zero attached hydrogens (tertiary/aromatic N) is 4. The third-order valence-electron chi connectivity index (χ3n) is 2.96. The summed E-state index contributed by atoms with van der Waals surface area (Å²) >= 11 is 0. The van der Waals surface area contributed by atoms with Gasteiger partial charge in [0.05, 0.1) is 36.3 Å². The fourth-order valence-corrected chi connectivity index (χ4v) is 1.96. The van der Waals surface area contributed by atoms with Crippen molar-refractivity contribution < 1.29 is 5.11 Å². The van der Waals surface area contributed by atoms with E-state index in [9.17, 15) is 0 Å². The van der Waals surface area contributed by atoms with Crippen LogP contribution in [0.5, 0.6) is 0 Å². The van der Waals surface area contributed by atoms with Gasteiger partial charge >= 0.3 is 0 Å². The zero-order valence-corrected chi connectivity index (χ0v) is 10.6. The van der Waals surface area contributed by atoms with Crippen molar-refractivity contribution in [3.63, 3.8) is 0 Å². The summed E-state index contributed by atoms with van der Waals surface area (Å²) in [7, 11) is 0. The molecule has 5 nitrogen and oxygen atoms in total. The van der Waals surface area contributed by atoms with Gasteiger partial charge in [0.2, 0.25) is 0 Å². The molecule has 5 heteroatoms. The van der Waals surface area contributed by atoms with Gasteiger partial charge in [0.15, 0.2) is 0 Å². The molecule has 0 aliphatic carbocycles. The zero-order valence-electron chi connectivity index (χ0n) is 10.6. The Bertz CT molecular complexity index is 703. The lowest BCUT2D eigenvalue weighted by atomic mass is 10.2. The van der Waals surface area contributed by atoms with Crippen molar-refractivity contribution in [1.82, 2.24) is 19.7 Å². The number of fused-ring (bicyclic) bond motifs is 1. The number of benzene rings is 1. The summed E-state index contributed by atoms with van der Waals surface area (Å²) in [4.78, 5) is 8.53. The Morgan fingerprint density at radius 3 is 2.84 bits per heavy atom. The summed E-state index contributed by atoms with van der Waals surface area (Å²) in [6.45, 7) is 2.54. The molecule has 0 atom stereocenters. The SMILES string of the molecule is Cc1cnc(Cn2cc3ccc(CO)cc3n2)cn1. The first kappa shape index (κ1) is 11.8. The largest absolute Gasteiger partial charge is 0.392 e. The number of rotatable bonds is 3. The third kappa shape index (κ3) is 2.46. The van der Waals surface area contributed by atoms with Gasteiger partial charge in [-0.05, 0) is 18.6 Å². The van der Waals surface area contributed by atoms with Crippen LogP contribution in [0.4, 0.5) is 0 Å². The van der Waals surface area contributed by atoms with Crippen LogP contribution in [0.25, 0.3) is 10.9 Å². The van der Waals surface area contributed by atoms with E-state index < -0.39 is 0 Å². The summed E-state index contributed by atoms with van der Waals surface area (Å²) in [6, 6.07) is 5.76. The van der Waals surface area contributed by atoms with Gasteiger partial charge in [-0.25, -0.2) is 0 Å². The van der Waals surface area contributed by atoms with Crippen LogP contribution in [0.15, 0.2) is 36.8 Å². The highest BCUT2D eigenvalue weighted by molar-refractivity contribution is 5.78. The smallest absolute Gasteiger partial charge is 0.0927 e. The molecule has 0 spiro atoms. The Hall–Kier alpha value is -2.27. The van der Waals surface area contributed by atoms with Crippen molar-refractivity contribution in [3.05, 3.63) is 53.7 Å². The van der Waals surface area contributed by atoms with E-state index in [1.165, 1.54) is 0 Å². The van der Waals surface area contributed by atoms with E-state index in [1.807, 2.05) is 36.0 Å². The molecule has 96 valence electrons. The molecular weight excluding hydrogens is 240 g/mol. The lowest BCUT2D eigenvalue weighted by molar-refractivity contribution is 0.282. The molecule has 0 saturated carbocycles. The average molecular weight is 254 g/mol.